The van der Waals surface area contributed by atoms with Crippen LogP contribution in [-0.4, -0.2) is 33.3 Å². The maximum absolute atomic E-state index is 11.2. The summed E-state index contributed by atoms with van der Waals surface area (Å²) >= 11 is 0.934. The second-order valence-corrected chi connectivity index (χ2v) is 5.22. The lowest BCUT2D eigenvalue weighted by Gasteiger charge is -1.99. The summed E-state index contributed by atoms with van der Waals surface area (Å²) in [4.78, 5) is 33.5. The van der Waals surface area contributed by atoms with E-state index in [0.29, 0.717) is 16.1 Å². The minimum atomic E-state index is -1.71. The van der Waals surface area contributed by atoms with Crippen LogP contribution in [0.15, 0.2) is 30.3 Å². The van der Waals surface area contributed by atoms with Crippen LogP contribution in [0.4, 0.5) is 10.7 Å². The lowest BCUT2D eigenvalue weighted by atomic mass is 10.1. The Labute approximate surface area is 127 Å². The third-order valence-corrected chi connectivity index (χ3v) is 3.80. The number of rotatable bonds is 4. The molecule has 0 unspecified atom stereocenters. The van der Waals surface area contributed by atoms with Gasteiger partial charge in [-0.1, -0.05) is 12.1 Å². The van der Waals surface area contributed by atoms with Crippen molar-refractivity contribution < 1.29 is 35.3 Å². The molecule has 0 aliphatic heterocycles. The van der Waals surface area contributed by atoms with Gasteiger partial charge in [0, 0.05) is 17.0 Å². The molecule has 22 heavy (non-hydrogen) atoms. The smallest absolute Gasteiger partial charge is 0.394 e. The maximum Gasteiger partial charge on any atom is 0.394 e. The molecule has 1 aromatic carbocycles. The van der Waals surface area contributed by atoms with E-state index in [0.717, 1.165) is 16.8 Å². The van der Waals surface area contributed by atoms with Gasteiger partial charge >= 0.3 is 17.8 Å². The summed E-state index contributed by atoms with van der Waals surface area (Å²) < 4.78 is 0. The molecule has 1 amide bonds. The standard InChI is InChI=1S/C13H10N2O6S/c16-10(13(19)20)14-11-8(12(17)18)5-9(22-11)6-2-1-3-7(4-6)15-21/h1-5,15,21H,(H,14,16)(H,17,18)(H,19,20)/p+1. The van der Waals surface area contributed by atoms with Gasteiger partial charge in [0.2, 0.25) is 0 Å². The second-order valence-electron chi connectivity index (χ2n) is 4.17. The highest BCUT2D eigenvalue weighted by Gasteiger charge is 2.21. The van der Waals surface area contributed by atoms with Crippen molar-refractivity contribution in [2.75, 3.05) is 5.32 Å². The number of aromatic carboxylic acids is 1. The third-order valence-electron chi connectivity index (χ3n) is 2.70. The Morgan fingerprint density at radius 1 is 1.14 bits per heavy atom. The number of carboxylic acids is 2. The SMILES string of the molecule is O=C(O)C(=O)Nc1sc(-c2cccc([NH2+]O)c2)cc1C(=O)O. The van der Waals surface area contributed by atoms with Gasteiger partial charge in [-0.3, -0.25) is 4.79 Å². The average molecular weight is 323 g/mol. The van der Waals surface area contributed by atoms with E-state index in [4.69, 9.17) is 15.4 Å². The maximum atomic E-state index is 11.2. The summed E-state index contributed by atoms with van der Waals surface area (Å²) in [5, 5.41) is 28.7. The minimum Gasteiger partial charge on any atom is -0.478 e. The number of carboxylic acid groups (broad SMARTS) is 2. The van der Waals surface area contributed by atoms with Crippen LogP contribution in [0.2, 0.25) is 0 Å². The summed E-state index contributed by atoms with van der Waals surface area (Å²) in [7, 11) is 0. The molecule has 0 spiro atoms. The van der Waals surface area contributed by atoms with Crippen LogP contribution < -0.4 is 10.8 Å². The molecule has 0 radical (unpaired) electrons. The van der Waals surface area contributed by atoms with Crippen molar-refractivity contribution >= 4 is 39.9 Å². The van der Waals surface area contributed by atoms with E-state index in [2.05, 4.69) is 5.32 Å². The number of quaternary nitrogens is 1. The number of thiophene rings is 1. The molecule has 114 valence electrons. The Bertz CT molecular complexity index is 755. The topological polar surface area (TPSA) is 141 Å². The molecule has 6 N–H and O–H groups in total. The van der Waals surface area contributed by atoms with Gasteiger partial charge in [0.25, 0.3) is 0 Å². The van der Waals surface area contributed by atoms with E-state index in [1.54, 1.807) is 24.3 Å². The van der Waals surface area contributed by atoms with E-state index in [1.165, 1.54) is 6.07 Å². The number of anilines is 1. The van der Waals surface area contributed by atoms with Gasteiger partial charge in [-0.15, -0.1) is 11.3 Å². The molecule has 0 aliphatic carbocycles. The first-order chi connectivity index (χ1) is 10.4. The molecule has 0 saturated heterocycles. The Kier molecular flexibility index (Phi) is 4.51. The van der Waals surface area contributed by atoms with Crippen molar-refractivity contribution in [3.8, 4) is 10.4 Å². The Morgan fingerprint density at radius 2 is 1.86 bits per heavy atom. The summed E-state index contributed by atoms with van der Waals surface area (Å²) in [5.74, 6) is -4.30. The average Bonchev–Trinajstić information content (AvgIpc) is 2.91. The van der Waals surface area contributed by atoms with Crippen LogP contribution >= 0.6 is 11.3 Å². The van der Waals surface area contributed by atoms with Crippen LogP contribution in [0.1, 0.15) is 10.4 Å². The number of carbonyl (C=O) groups is 3. The Balaban J connectivity index is 2.43. The van der Waals surface area contributed by atoms with Crippen LogP contribution in [0.3, 0.4) is 0 Å². The van der Waals surface area contributed by atoms with Crippen molar-refractivity contribution in [1.82, 2.24) is 0 Å². The number of hydrogen-bond acceptors (Lipinski definition) is 5. The van der Waals surface area contributed by atoms with Gasteiger partial charge in [-0.2, -0.15) is 5.48 Å². The summed E-state index contributed by atoms with van der Waals surface area (Å²) in [6.07, 6.45) is 0. The Morgan fingerprint density at radius 3 is 2.45 bits per heavy atom. The van der Waals surface area contributed by atoms with Gasteiger partial charge in [-0.05, 0) is 11.6 Å². The highest BCUT2D eigenvalue weighted by atomic mass is 32.1. The van der Waals surface area contributed by atoms with Crippen molar-refractivity contribution in [3.05, 3.63) is 35.9 Å². The first kappa shape index (κ1) is 15.6. The van der Waals surface area contributed by atoms with Crippen LogP contribution in [0.25, 0.3) is 10.4 Å². The first-order valence-electron chi connectivity index (χ1n) is 5.91. The van der Waals surface area contributed by atoms with Gasteiger partial charge < -0.3 is 15.5 Å². The van der Waals surface area contributed by atoms with E-state index < -0.39 is 17.8 Å². The molecule has 2 rings (SSSR count). The molecule has 2 aromatic rings. The molecule has 9 heteroatoms. The quantitative estimate of drug-likeness (QED) is 0.319. The molecule has 0 saturated carbocycles. The number of benzene rings is 1. The molecule has 0 bridgehead atoms. The van der Waals surface area contributed by atoms with Crippen molar-refractivity contribution in [2.45, 2.75) is 0 Å². The van der Waals surface area contributed by atoms with Crippen molar-refractivity contribution in [1.29, 1.82) is 0 Å². The highest BCUT2D eigenvalue weighted by Crippen LogP contribution is 2.36. The van der Waals surface area contributed by atoms with Crippen LogP contribution in [0.5, 0.6) is 0 Å². The molecule has 1 aromatic heterocycles. The van der Waals surface area contributed by atoms with Crippen molar-refractivity contribution in [3.63, 3.8) is 0 Å². The molecule has 8 nitrogen and oxygen atoms in total. The Hall–Kier alpha value is -2.75. The zero-order chi connectivity index (χ0) is 16.3. The normalized spacial score (nSPS) is 10.2. The molecule has 0 atom stereocenters. The lowest BCUT2D eigenvalue weighted by Crippen LogP contribution is -2.73. The lowest BCUT2D eigenvalue weighted by molar-refractivity contribution is -0.825. The van der Waals surface area contributed by atoms with Gasteiger partial charge in [-0.25, -0.2) is 14.8 Å². The monoisotopic (exact) mass is 323 g/mol. The van der Waals surface area contributed by atoms with E-state index in [1.807, 2.05) is 0 Å². The van der Waals surface area contributed by atoms with E-state index in [9.17, 15) is 14.4 Å². The molecule has 0 aliphatic rings. The molecule has 0 fully saturated rings. The largest absolute Gasteiger partial charge is 0.478 e. The highest BCUT2D eigenvalue weighted by molar-refractivity contribution is 7.20. The zero-order valence-corrected chi connectivity index (χ0v) is 11.8. The zero-order valence-electron chi connectivity index (χ0n) is 10.9. The number of aliphatic carboxylic acids is 1. The van der Waals surface area contributed by atoms with Gasteiger partial charge in [0.15, 0.2) is 5.69 Å². The molecular weight excluding hydrogens is 312 g/mol. The predicted octanol–water partition coefficient (Wildman–Crippen LogP) is 0.720. The van der Waals surface area contributed by atoms with Gasteiger partial charge in [0.05, 0.1) is 5.56 Å². The number of amides is 1. The van der Waals surface area contributed by atoms with E-state index in [-0.39, 0.29) is 10.6 Å². The third kappa shape index (κ3) is 3.28. The number of carbonyl (C=O) groups excluding carboxylic acids is 1. The number of nitrogens with one attached hydrogen (secondary N) is 1. The number of nitrogens with two attached hydrogens (primary N) is 1. The second kappa shape index (κ2) is 6.35. The van der Waals surface area contributed by atoms with Crippen LogP contribution in [0, 0.1) is 0 Å². The molecular formula is C13H11N2O6S+. The predicted molar refractivity (Wildman–Crippen MR) is 76.4 cm³/mol. The first-order valence-corrected chi connectivity index (χ1v) is 6.73. The van der Waals surface area contributed by atoms with Crippen molar-refractivity contribution in [2.24, 2.45) is 0 Å². The van der Waals surface area contributed by atoms with E-state index >= 15 is 0 Å². The fourth-order valence-corrected chi connectivity index (χ4v) is 2.76. The number of hydrogen-bond donors (Lipinski definition) is 5. The summed E-state index contributed by atoms with van der Waals surface area (Å²) in [6, 6.07) is 7.99. The van der Waals surface area contributed by atoms with Crippen LogP contribution in [-0.2, 0) is 9.59 Å². The fraction of sp³-hybridized carbons (Fsp3) is 0. The van der Waals surface area contributed by atoms with Gasteiger partial charge in [0.1, 0.15) is 5.00 Å². The minimum absolute atomic E-state index is 0.0618. The summed E-state index contributed by atoms with van der Waals surface area (Å²) in [6.45, 7) is 0. The summed E-state index contributed by atoms with van der Waals surface area (Å²) in [5.41, 5.74) is 1.86. The molecule has 1 heterocycles. The fourth-order valence-electron chi connectivity index (χ4n) is 1.71.